The molecule has 8 nitrogen and oxygen atoms in total. The van der Waals surface area contributed by atoms with E-state index in [4.69, 9.17) is 9.52 Å². The van der Waals surface area contributed by atoms with Crippen LogP contribution in [0.15, 0.2) is 16.5 Å². The van der Waals surface area contributed by atoms with Crippen molar-refractivity contribution in [3.05, 3.63) is 23.7 Å². The molecule has 0 bridgehead atoms. The molecule has 1 aliphatic rings. The molecule has 2 rings (SSSR count). The van der Waals surface area contributed by atoms with Crippen LogP contribution in [0.1, 0.15) is 35.6 Å². The number of sulfonamides is 1. The number of carboxylic acid groups (broad SMARTS) is 1. The predicted molar refractivity (Wildman–Crippen MR) is 76.6 cm³/mol. The largest absolute Gasteiger partial charge is 0.481 e. The van der Waals surface area contributed by atoms with Gasteiger partial charge in [0.05, 0.1) is 18.7 Å². The summed E-state index contributed by atoms with van der Waals surface area (Å²) in [6, 6.07) is 2.79. The lowest BCUT2D eigenvalue weighted by molar-refractivity contribution is -0.141. The highest BCUT2D eigenvalue weighted by Crippen LogP contribution is 2.26. The van der Waals surface area contributed by atoms with E-state index in [0.29, 0.717) is 25.0 Å². The summed E-state index contributed by atoms with van der Waals surface area (Å²) in [5.41, 5.74) is 0. The van der Waals surface area contributed by atoms with Gasteiger partial charge in [0.2, 0.25) is 10.0 Å². The van der Waals surface area contributed by atoms with E-state index < -0.39 is 27.8 Å². The molecule has 2 atom stereocenters. The molecule has 1 fully saturated rings. The molecule has 0 aliphatic heterocycles. The summed E-state index contributed by atoms with van der Waals surface area (Å²) in [6.45, 7) is -0.0311. The molecule has 0 saturated heterocycles. The fraction of sp³-hybridized carbons (Fsp3) is 0.538. The van der Waals surface area contributed by atoms with E-state index in [0.717, 1.165) is 6.26 Å². The molecule has 122 valence electrons. The zero-order chi connectivity index (χ0) is 16.3. The van der Waals surface area contributed by atoms with Crippen LogP contribution >= 0.6 is 0 Å². The van der Waals surface area contributed by atoms with E-state index in [1.54, 1.807) is 0 Å². The SMILES string of the molecule is CS(=O)(=O)NCc1ccc(C(=O)N[C@@H]2CC[C@H](C(=O)O)C2)o1. The fourth-order valence-electron chi connectivity index (χ4n) is 2.39. The van der Waals surface area contributed by atoms with Crippen molar-refractivity contribution < 1.29 is 27.5 Å². The molecule has 1 aromatic heterocycles. The Labute approximate surface area is 127 Å². The van der Waals surface area contributed by atoms with Crippen LogP contribution in [0.2, 0.25) is 0 Å². The first-order valence-electron chi connectivity index (χ1n) is 6.81. The molecule has 1 saturated carbocycles. The van der Waals surface area contributed by atoms with Crippen LogP contribution in [0.25, 0.3) is 0 Å². The van der Waals surface area contributed by atoms with Gasteiger partial charge in [-0.25, -0.2) is 13.1 Å². The zero-order valence-electron chi connectivity index (χ0n) is 12.0. The molecular weight excluding hydrogens is 312 g/mol. The van der Waals surface area contributed by atoms with Gasteiger partial charge in [-0.1, -0.05) is 0 Å². The first-order valence-corrected chi connectivity index (χ1v) is 8.71. The van der Waals surface area contributed by atoms with Gasteiger partial charge in [0, 0.05) is 6.04 Å². The van der Waals surface area contributed by atoms with E-state index in [2.05, 4.69) is 10.0 Å². The van der Waals surface area contributed by atoms with Crippen molar-refractivity contribution in [1.82, 2.24) is 10.0 Å². The molecule has 0 spiro atoms. The normalized spacial score (nSPS) is 21.7. The molecule has 0 aromatic carbocycles. The minimum absolute atomic E-state index is 0.0311. The van der Waals surface area contributed by atoms with Crippen LogP contribution in [0, 0.1) is 5.92 Å². The Hall–Kier alpha value is -1.87. The zero-order valence-corrected chi connectivity index (χ0v) is 12.9. The highest BCUT2D eigenvalue weighted by molar-refractivity contribution is 7.88. The van der Waals surface area contributed by atoms with Crippen molar-refractivity contribution >= 4 is 21.9 Å². The third kappa shape index (κ3) is 4.57. The average molecular weight is 330 g/mol. The van der Waals surface area contributed by atoms with Crippen molar-refractivity contribution in [1.29, 1.82) is 0 Å². The number of hydrogen-bond donors (Lipinski definition) is 3. The van der Waals surface area contributed by atoms with Gasteiger partial charge in [-0.2, -0.15) is 0 Å². The number of amides is 1. The predicted octanol–water partition coefficient (Wildman–Crippen LogP) is 0.312. The summed E-state index contributed by atoms with van der Waals surface area (Å²) in [6.07, 6.45) is 2.60. The standard InChI is InChI=1S/C13H18N2O6S/c1-22(19,20)14-7-10-4-5-11(21-10)12(16)15-9-3-2-8(6-9)13(17)18/h4-5,8-9,14H,2-3,6-7H2,1H3,(H,15,16)(H,17,18)/t8-,9+/m0/s1. The van der Waals surface area contributed by atoms with E-state index in [-0.39, 0.29) is 18.3 Å². The second-order valence-corrected chi connectivity index (χ2v) is 7.21. The summed E-state index contributed by atoms with van der Waals surface area (Å²) in [4.78, 5) is 22.9. The van der Waals surface area contributed by atoms with Gasteiger partial charge >= 0.3 is 5.97 Å². The van der Waals surface area contributed by atoms with Gasteiger partial charge in [-0.15, -0.1) is 0 Å². The van der Waals surface area contributed by atoms with Crippen LogP contribution in [-0.2, 0) is 21.4 Å². The van der Waals surface area contributed by atoms with Gasteiger partial charge in [0.15, 0.2) is 5.76 Å². The highest BCUT2D eigenvalue weighted by Gasteiger charge is 2.31. The average Bonchev–Trinajstić information content (AvgIpc) is 3.04. The minimum Gasteiger partial charge on any atom is -0.481 e. The number of rotatable bonds is 6. The first kappa shape index (κ1) is 16.5. The molecule has 1 aliphatic carbocycles. The quantitative estimate of drug-likeness (QED) is 0.689. The molecular formula is C13H18N2O6S. The lowest BCUT2D eigenvalue weighted by Crippen LogP contribution is -2.33. The summed E-state index contributed by atoms with van der Waals surface area (Å²) in [5.74, 6) is -1.29. The second kappa shape index (κ2) is 6.49. The number of carbonyl (C=O) groups is 2. The van der Waals surface area contributed by atoms with Crippen LogP contribution in [0.5, 0.6) is 0 Å². The molecule has 0 unspecified atom stereocenters. The van der Waals surface area contributed by atoms with Gasteiger partial charge < -0.3 is 14.8 Å². The van der Waals surface area contributed by atoms with Gasteiger partial charge in [-0.3, -0.25) is 9.59 Å². The highest BCUT2D eigenvalue weighted by atomic mass is 32.2. The Kier molecular flexibility index (Phi) is 4.87. The van der Waals surface area contributed by atoms with Crippen LogP contribution < -0.4 is 10.0 Å². The topological polar surface area (TPSA) is 126 Å². The van der Waals surface area contributed by atoms with Gasteiger partial charge in [-0.05, 0) is 31.4 Å². The maximum absolute atomic E-state index is 12.0. The summed E-state index contributed by atoms with van der Waals surface area (Å²) < 4.78 is 29.5. The molecule has 3 N–H and O–H groups in total. The van der Waals surface area contributed by atoms with Crippen molar-refractivity contribution in [3.63, 3.8) is 0 Å². The molecule has 1 amide bonds. The molecule has 9 heteroatoms. The first-order chi connectivity index (χ1) is 10.2. The summed E-state index contributed by atoms with van der Waals surface area (Å²) in [5, 5.41) is 11.7. The minimum atomic E-state index is -3.33. The van der Waals surface area contributed by atoms with Crippen LogP contribution in [-0.4, -0.2) is 37.7 Å². The monoisotopic (exact) mass is 330 g/mol. The van der Waals surface area contributed by atoms with Crippen LogP contribution in [0.4, 0.5) is 0 Å². The molecule has 22 heavy (non-hydrogen) atoms. The van der Waals surface area contributed by atoms with Crippen LogP contribution in [0.3, 0.4) is 0 Å². The van der Waals surface area contributed by atoms with E-state index in [1.165, 1.54) is 12.1 Å². The van der Waals surface area contributed by atoms with Crippen molar-refractivity contribution in [2.24, 2.45) is 5.92 Å². The maximum atomic E-state index is 12.0. The Morgan fingerprint density at radius 2 is 2.09 bits per heavy atom. The lowest BCUT2D eigenvalue weighted by Gasteiger charge is -2.10. The third-order valence-corrected chi connectivity index (χ3v) is 4.18. The molecule has 0 radical (unpaired) electrons. The number of nitrogens with one attached hydrogen (secondary N) is 2. The Balaban J connectivity index is 1.88. The van der Waals surface area contributed by atoms with Crippen molar-refractivity contribution in [3.8, 4) is 0 Å². The smallest absolute Gasteiger partial charge is 0.306 e. The van der Waals surface area contributed by atoms with E-state index >= 15 is 0 Å². The number of hydrogen-bond acceptors (Lipinski definition) is 5. The van der Waals surface area contributed by atoms with Crippen molar-refractivity contribution in [2.45, 2.75) is 31.8 Å². The summed E-state index contributed by atoms with van der Waals surface area (Å²) >= 11 is 0. The number of aliphatic carboxylic acids is 1. The van der Waals surface area contributed by atoms with Crippen molar-refractivity contribution in [2.75, 3.05) is 6.26 Å². The molecule has 1 heterocycles. The van der Waals surface area contributed by atoms with E-state index in [1.807, 2.05) is 0 Å². The Bertz CT molecular complexity index is 666. The van der Waals surface area contributed by atoms with E-state index in [9.17, 15) is 18.0 Å². The number of carboxylic acids is 1. The number of carbonyl (C=O) groups excluding carboxylic acids is 1. The Morgan fingerprint density at radius 1 is 1.36 bits per heavy atom. The third-order valence-electron chi connectivity index (χ3n) is 3.51. The second-order valence-electron chi connectivity index (χ2n) is 5.38. The molecule has 1 aromatic rings. The van der Waals surface area contributed by atoms with Gasteiger partial charge in [0.1, 0.15) is 5.76 Å². The lowest BCUT2D eigenvalue weighted by atomic mass is 10.1. The maximum Gasteiger partial charge on any atom is 0.306 e. The Morgan fingerprint density at radius 3 is 2.68 bits per heavy atom. The summed E-state index contributed by atoms with van der Waals surface area (Å²) in [7, 11) is -3.33. The number of furan rings is 1. The van der Waals surface area contributed by atoms with Gasteiger partial charge in [0.25, 0.3) is 5.91 Å². The fourth-order valence-corrected chi connectivity index (χ4v) is 2.80.